The van der Waals surface area contributed by atoms with Gasteiger partial charge in [0.15, 0.2) is 0 Å². The molecule has 1 nitrogen and oxygen atoms in total. The van der Waals surface area contributed by atoms with Gasteiger partial charge in [0.05, 0.1) is 0 Å². The maximum atomic E-state index is 9.24. The van der Waals surface area contributed by atoms with Gasteiger partial charge in [0, 0.05) is 27.5 Å². The van der Waals surface area contributed by atoms with Crippen molar-refractivity contribution in [3.05, 3.63) is 22.4 Å². The summed E-state index contributed by atoms with van der Waals surface area (Å²) in [5.41, 5.74) is 0. The lowest BCUT2D eigenvalue weighted by atomic mass is 10.3. The predicted molar refractivity (Wildman–Crippen MR) is 51.1 cm³/mol. The molecule has 0 spiro atoms. The molecule has 0 saturated carbocycles. The van der Waals surface area contributed by atoms with Crippen LogP contribution in [0, 0.1) is 9.85 Å². The van der Waals surface area contributed by atoms with E-state index in [9.17, 15) is 5.11 Å². The van der Waals surface area contributed by atoms with Gasteiger partial charge >= 0.3 is 0 Å². The monoisotopic (exact) mass is 264 g/mol. The molecular weight excluding hydrogens is 259 g/mol. The predicted octanol–water partition coefficient (Wildman–Crippen LogP) is 2.18. The smallest absolute Gasteiger partial charge is 0.150 e. The molecule has 1 atom stereocenters. The van der Waals surface area contributed by atoms with Crippen LogP contribution in [0.4, 0.5) is 0 Å². The Morgan fingerprint density at radius 3 is 3.00 bits per heavy atom. The molecule has 52 valence electrons. The van der Waals surface area contributed by atoms with Crippen molar-refractivity contribution in [1.29, 1.82) is 0 Å². The summed E-state index contributed by atoms with van der Waals surface area (Å²) in [7, 11) is 0. The molecule has 1 aromatic rings. The standard InChI is InChI=1S/C7H5IOS/c8-4-3-6(9)7-2-1-5-10-7/h1-2,5-6,9H. The van der Waals surface area contributed by atoms with E-state index in [-0.39, 0.29) is 0 Å². The number of halogens is 1. The third-order valence-electron chi connectivity index (χ3n) is 1.00. The summed E-state index contributed by atoms with van der Waals surface area (Å²) in [6, 6.07) is 3.77. The third-order valence-corrected chi connectivity index (χ3v) is 2.24. The fourth-order valence-corrected chi connectivity index (χ4v) is 1.52. The minimum absolute atomic E-state index is 0.600. The Kier molecular flexibility index (Phi) is 3.19. The Hall–Kier alpha value is -0.0500. The molecular formula is C7H5IOS. The zero-order valence-corrected chi connectivity index (χ0v) is 8.02. The highest BCUT2D eigenvalue weighted by Gasteiger charge is 2.01. The summed E-state index contributed by atoms with van der Waals surface area (Å²) in [6.07, 6.45) is -0.600. The summed E-state index contributed by atoms with van der Waals surface area (Å²) < 4.78 is 2.63. The van der Waals surface area contributed by atoms with Crippen molar-refractivity contribution in [2.45, 2.75) is 6.10 Å². The molecule has 0 fully saturated rings. The molecule has 0 aliphatic carbocycles. The molecule has 1 unspecified atom stereocenters. The van der Waals surface area contributed by atoms with E-state index in [4.69, 9.17) is 0 Å². The average Bonchev–Trinajstić information content (AvgIpc) is 2.38. The molecule has 1 rings (SSSR count). The Labute approximate surface area is 77.2 Å². The first kappa shape index (κ1) is 8.05. The van der Waals surface area contributed by atoms with Crippen molar-refractivity contribution < 1.29 is 5.11 Å². The van der Waals surface area contributed by atoms with E-state index in [0.717, 1.165) is 4.88 Å². The minimum Gasteiger partial charge on any atom is -0.375 e. The lowest BCUT2D eigenvalue weighted by Crippen LogP contribution is -1.87. The second kappa shape index (κ2) is 3.96. The van der Waals surface area contributed by atoms with E-state index in [0.29, 0.717) is 0 Å². The molecule has 0 bridgehead atoms. The Morgan fingerprint density at radius 2 is 2.50 bits per heavy atom. The summed E-state index contributed by atoms with van der Waals surface area (Å²) >= 11 is 3.43. The minimum atomic E-state index is -0.600. The van der Waals surface area contributed by atoms with Crippen molar-refractivity contribution >= 4 is 33.9 Å². The number of aliphatic hydroxyl groups excluding tert-OH is 1. The normalized spacial score (nSPS) is 11.8. The van der Waals surface area contributed by atoms with Crippen LogP contribution in [0.5, 0.6) is 0 Å². The summed E-state index contributed by atoms with van der Waals surface area (Å²) in [5, 5.41) is 11.2. The van der Waals surface area contributed by atoms with Gasteiger partial charge < -0.3 is 5.11 Å². The molecule has 3 heteroatoms. The van der Waals surface area contributed by atoms with E-state index in [1.54, 1.807) is 0 Å². The summed E-state index contributed by atoms with van der Waals surface area (Å²) in [5.74, 6) is 2.65. The Bertz CT molecular complexity index is 244. The van der Waals surface area contributed by atoms with Crippen molar-refractivity contribution in [3.63, 3.8) is 0 Å². The van der Waals surface area contributed by atoms with Crippen molar-refractivity contribution in [2.75, 3.05) is 0 Å². The van der Waals surface area contributed by atoms with Gasteiger partial charge in [0.25, 0.3) is 0 Å². The van der Waals surface area contributed by atoms with Crippen molar-refractivity contribution in [3.8, 4) is 9.85 Å². The third kappa shape index (κ3) is 1.97. The van der Waals surface area contributed by atoms with Crippen LogP contribution >= 0.6 is 33.9 Å². The van der Waals surface area contributed by atoms with E-state index >= 15 is 0 Å². The molecule has 1 N–H and O–H groups in total. The van der Waals surface area contributed by atoms with Gasteiger partial charge in [-0.3, -0.25) is 0 Å². The largest absolute Gasteiger partial charge is 0.375 e. The molecule has 0 saturated heterocycles. The Balaban J connectivity index is 2.74. The molecule has 10 heavy (non-hydrogen) atoms. The summed E-state index contributed by atoms with van der Waals surface area (Å²) in [6.45, 7) is 0. The van der Waals surface area contributed by atoms with Gasteiger partial charge in [-0.15, -0.1) is 11.3 Å². The number of thiophene rings is 1. The first-order valence-electron chi connectivity index (χ1n) is 2.67. The SMILES string of the molecule is OC(C#CI)c1cccs1. The topological polar surface area (TPSA) is 20.2 Å². The molecule has 0 aliphatic heterocycles. The molecule has 1 aromatic heterocycles. The lowest BCUT2D eigenvalue weighted by Gasteiger charge is -1.95. The van der Waals surface area contributed by atoms with E-state index in [2.05, 4.69) is 9.85 Å². The number of aliphatic hydroxyl groups is 1. The van der Waals surface area contributed by atoms with Crippen molar-refractivity contribution in [1.82, 2.24) is 0 Å². The van der Waals surface area contributed by atoms with Gasteiger partial charge in [-0.25, -0.2) is 0 Å². The van der Waals surface area contributed by atoms with Crippen LogP contribution in [-0.4, -0.2) is 5.11 Å². The van der Waals surface area contributed by atoms with E-state index in [1.165, 1.54) is 11.3 Å². The maximum absolute atomic E-state index is 9.24. The van der Waals surface area contributed by atoms with Crippen LogP contribution in [0.25, 0.3) is 0 Å². The summed E-state index contributed by atoms with van der Waals surface area (Å²) in [4.78, 5) is 0.907. The zero-order valence-electron chi connectivity index (χ0n) is 5.04. The van der Waals surface area contributed by atoms with Gasteiger partial charge in [0.1, 0.15) is 6.10 Å². The fraction of sp³-hybridized carbons (Fsp3) is 0.143. The van der Waals surface area contributed by atoms with Crippen LogP contribution in [-0.2, 0) is 0 Å². The van der Waals surface area contributed by atoms with Gasteiger partial charge in [-0.2, -0.15) is 0 Å². The number of hydrogen-bond acceptors (Lipinski definition) is 2. The van der Waals surface area contributed by atoms with Gasteiger partial charge in [-0.1, -0.05) is 12.0 Å². The van der Waals surface area contributed by atoms with Crippen LogP contribution in [0.3, 0.4) is 0 Å². The second-order valence-corrected chi connectivity index (χ2v) is 3.18. The second-order valence-electron chi connectivity index (χ2n) is 1.66. The first-order valence-corrected chi connectivity index (χ1v) is 4.63. The van der Waals surface area contributed by atoms with Crippen LogP contribution < -0.4 is 0 Å². The Morgan fingerprint density at radius 1 is 1.70 bits per heavy atom. The lowest BCUT2D eigenvalue weighted by molar-refractivity contribution is 0.242. The van der Waals surface area contributed by atoms with Gasteiger partial charge in [0.2, 0.25) is 0 Å². The molecule has 0 amide bonds. The highest BCUT2D eigenvalue weighted by atomic mass is 127. The fourth-order valence-electron chi connectivity index (χ4n) is 0.570. The average molecular weight is 264 g/mol. The molecule has 0 aliphatic rings. The number of hydrogen-bond donors (Lipinski definition) is 1. The van der Waals surface area contributed by atoms with Crippen LogP contribution in [0.1, 0.15) is 11.0 Å². The molecule has 0 aromatic carbocycles. The quantitative estimate of drug-likeness (QED) is 0.609. The molecule has 0 radical (unpaired) electrons. The highest BCUT2D eigenvalue weighted by Crippen LogP contribution is 2.17. The van der Waals surface area contributed by atoms with E-state index < -0.39 is 6.10 Å². The maximum Gasteiger partial charge on any atom is 0.150 e. The van der Waals surface area contributed by atoms with E-state index in [1.807, 2.05) is 40.1 Å². The van der Waals surface area contributed by atoms with Crippen LogP contribution in [0.15, 0.2) is 17.5 Å². The van der Waals surface area contributed by atoms with Crippen molar-refractivity contribution in [2.24, 2.45) is 0 Å². The highest BCUT2D eigenvalue weighted by molar-refractivity contribution is 14.1. The van der Waals surface area contributed by atoms with Gasteiger partial charge in [-0.05, 0) is 15.4 Å². The first-order chi connectivity index (χ1) is 4.84. The number of rotatable bonds is 1. The zero-order chi connectivity index (χ0) is 7.40. The van der Waals surface area contributed by atoms with Crippen LogP contribution in [0.2, 0.25) is 0 Å². The molecule has 1 heterocycles.